The summed E-state index contributed by atoms with van der Waals surface area (Å²) in [7, 11) is -0.946. The zero-order valence-electron chi connectivity index (χ0n) is 11.9. The molecule has 0 spiro atoms. The number of ether oxygens (including phenoxy) is 1. The van der Waals surface area contributed by atoms with E-state index in [1.165, 1.54) is 14.2 Å². The SMILES string of the molecule is COC(=O)CCN(C)S(=O)(=O)NC(C)c1ccccc1. The minimum atomic E-state index is -3.64. The average Bonchev–Trinajstić information content (AvgIpc) is 2.44. The lowest BCUT2D eigenvalue weighted by atomic mass is 10.1. The van der Waals surface area contributed by atoms with Crippen molar-refractivity contribution in [1.29, 1.82) is 0 Å². The first-order chi connectivity index (χ1) is 9.36. The van der Waals surface area contributed by atoms with Crippen molar-refractivity contribution in [1.82, 2.24) is 9.03 Å². The van der Waals surface area contributed by atoms with Gasteiger partial charge in [0.25, 0.3) is 10.2 Å². The van der Waals surface area contributed by atoms with E-state index < -0.39 is 16.2 Å². The largest absolute Gasteiger partial charge is 0.469 e. The lowest BCUT2D eigenvalue weighted by Crippen LogP contribution is -2.40. The van der Waals surface area contributed by atoms with Crippen molar-refractivity contribution < 1.29 is 17.9 Å². The summed E-state index contributed by atoms with van der Waals surface area (Å²) in [5.74, 6) is -0.442. The molecule has 112 valence electrons. The molecule has 0 amide bonds. The number of rotatable bonds is 7. The smallest absolute Gasteiger partial charge is 0.306 e. The average molecular weight is 300 g/mol. The number of esters is 1. The van der Waals surface area contributed by atoms with Crippen molar-refractivity contribution in [2.24, 2.45) is 0 Å². The van der Waals surface area contributed by atoms with Gasteiger partial charge in [-0.3, -0.25) is 4.79 Å². The van der Waals surface area contributed by atoms with Crippen molar-refractivity contribution >= 4 is 16.2 Å². The van der Waals surface area contributed by atoms with Crippen LogP contribution in [0.1, 0.15) is 24.9 Å². The topological polar surface area (TPSA) is 75.7 Å². The summed E-state index contributed by atoms with van der Waals surface area (Å²) in [5.41, 5.74) is 0.873. The Bertz CT molecular complexity index is 531. The molecule has 6 nitrogen and oxygen atoms in total. The van der Waals surface area contributed by atoms with Gasteiger partial charge in [-0.25, -0.2) is 0 Å². The molecule has 0 bridgehead atoms. The van der Waals surface area contributed by atoms with Gasteiger partial charge in [0.05, 0.1) is 13.5 Å². The van der Waals surface area contributed by atoms with Gasteiger partial charge in [-0.2, -0.15) is 17.4 Å². The first-order valence-electron chi connectivity index (χ1n) is 6.22. The van der Waals surface area contributed by atoms with Crippen molar-refractivity contribution in [3.63, 3.8) is 0 Å². The van der Waals surface area contributed by atoms with Crippen LogP contribution in [-0.4, -0.2) is 39.4 Å². The Labute approximate surface area is 119 Å². The molecule has 0 aromatic heterocycles. The van der Waals surface area contributed by atoms with E-state index in [2.05, 4.69) is 9.46 Å². The highest BCUT2D eigenvalue weighted by Gasteiger charge is 2.21. The first-order valence-corrected chi connectivity index (χ1v) is 7.66. The summed E-state index contributed by atoms with van der Waals surface area (Å²) >= 11 is 0. The molecule has 0 heterocycles. The van der Waals surface area contributed by atoms with Crippen LogP contribution in [-0.2, 0) is 19.7 Å². The highest BCUT2D eigenvalue weighted by Crippen LogP contribution is 2.13. The molecule has 7 heteroatoms. The molecule has 1 aromatic rings. The van der Waals surface area contributed by atoms with Crippen LogP contribution in [0.4, 0.5) is 0 Å². The van der Waals surface area contributed by atoms with Crippen molar-refractivity contribution in [3.8, 4) is 0 Å². The Hall–Kier alpha value is -1.44. The number of hydrogen-bond donors (Lipinski definition) is 1. The van der Waals surface area contributed by atoms with Crippen molar-refractivity contribution in [2.75, 3.05) is 20.7 Å². The molecule has 0 aliphatic rings. The van der Waals surface area contributed by atoms with Gasteiger partial charge in [-0.1, -0.05) is 30.3 Å². The minimum absolute atomic E-state index is 0.0215. The maximum absolute atomic E-state index is 12.1. The number of hydrogen-bond acceptors (Lipinski definition) is 4. The van der Waals surface area contributed by atoms with E-state index >= 15 is 0 Å². The quantitative estimate of drug-likeness (QED) is 0.765. The van der Waals surface area contributed by atoms with Crippen LogP contribution < -0.4 is 4.72 Å². The highest BCUT2D eigenvalue weighted by atomic mass is 32.2. The Morgan fingerprint density at radius 3 is 2.50 bits per heavy atom. The van der Waals surface area contributed by atoms with Crippen LogP contribution in [0.15, 0.2) is 30.3 Å². The molecule has 0 fully saturated rings. The summed E-state index contributed by atoms with van der Waals surface area (Å²) in [6, 6.07) is 8.92. The lowest BCUT2D eigenvalue weighted by Gasteiger charge is -2.21. The van der Waals surface area contributed by atoms with E-state index in [0.29, 0.717) is 0 Å². The molecule has 1 N–H and O–H groups in total. The van der Waals surface area contributed by atoms with Gasteiger partial charge in [0, 0.05) is 19.6 Å². The van der Waals surface area contributed by atoms with Gasteiger partial charge in [0.2, 0.25) is 0 Å². The predicted molar refractivity (Wildman–Crippen MR) is 76.2 cm³/mol. The zero-order valence-corrected chi connectivity index (χ0v) is 12.7. The molecule has 1 rings (SSSR count). The molecule has 0 saturated carbocycles. The summed E-state index contributed by atoms with van der Waals surface area (Å²) in [4.78, 5) is 11.0. The van der Waals surface area contributed by atoms with Gasteiger partial charge in [0.15, 0.2) is 0 Å². The van der Waals surface area contributed by atoms with Crippen molar-refractivity contribution in [3.05, 3.63) is 35.9 Å². The third-order valence-electron chi connectivity index (χ3n) is 2.89. The fourth-order valence-corrected chi connectivity index (χ4v) is 2.69. The molecular formula is C13H20N2O4S. The second-order valence-electron chi connectivity index (χ2n) is 4.40. The maximum atomic E-state index is 12.1. The van der Waals surface area contributed by atoms with Crippen LogP contribution in [0, 0.1) is 0 Å². The van der Waals surface area contributed by atoms with E-state index in [1.54, 1.807) is 6.92 Å². The van der Waals surface area contributed by atoms with E-state index in [9.17, 15) is 13.2 Å². The number of methoxy groups -OCH3 is 1. The van der Waals surface area contributed by atoms with Crippen LogP contribution in [0.3, 0.4) is 0 Å². The van der Waals surface area contributed by atoms with E-state index in [4.69, 9.17) is 0 Å². The second kappa shape index (κ2) is 7.37. The number of carbonyl (C=O) groups excluding carboxylic acids is 1. The predicted octanol–water partition coefficient (Wildman–Crippen LogP) is 1.08. The van der Waals surface area contributed by atoms with E-state index in [1.807, 2.05) is 30.3 Å². The van der Waals surface area contributed by atoms with Gasteiger partial charge >= 0.3 is 5.97 Å². The normalized spacial score (nSPS) is 13.2. The standard InChI is InChI=1S/C13H20N2O4S/c1-11(12-7-5-4-6-8-12)14-20(17,18)15(2)10-9-13(16)19-3/h4-8,11,14H,9-10H2,1-3H3. The minimum Gasteiger partial charge on any atom is -0.469 e. The van der Waals surface area contributed by atoms with E-state index in [-0.39, 0.29) is 19.0 Å². The fraction of sp³-hybridized carbons (Fsp3) is 0.462. The Morgan fingerprint density at radius 1 is 1.35 bits per heavy atom. The molecule has 1 atom stereocenters. The first kappa shape index (κ1) is 16.6. The van der Waals surface area contributed by atoms with Gasteiger partial charge < -0.3 is 4.74 Å². The number of nitrogens with zero attached hydrogens (tertiary/aromatic N) is 1. The molecule has 0 saturated heterocycles. The molecule has 0 radical (unpaired) electrons. The molecule has 0 aliphatic heterocycles. The Morgan fingerprint density at radius 2 is 1.95 bits per heavy atom. The van der Waals surface area contributed by atoms with Crippen molar-refractivity contribution in [2.45, 2.75) is 19.4 Å². The number of benzene rings is 1. The molecule has 1 unspecified atom stereocenters. The highest BCUT2D eigenvalue weighted by molar-refractivity contribution is 7.87. The monoisotopic (exact) mass is 300 g/mol. The van der Waals surface area contributed by atoms with Gasteiger partial charge in [-0.15, -0.1) is 0 Å². The Kier molecular flexibility index (Phi) is 6.12. The summed E-state index contributed by atoms with van der Waals surface area (Å²) in [5, 5.41) is 0. The van der Waals surface area contributed by atoms with Gasteiger partial charge in [0.1, 0.15) is 0 Å². The summed E-state index contributed by atoms with van der Waals surface area (Å²) in [6.45, 7) is 1.84. The van der Waals surface area contributed by atoms with Crippen LogP contribution in [0.25, 0.3) is 0 Å². The third-order valence-corrected chi connectivity index (χ3v) is 4.55. The second-order valence-corrected chi connectivity index (χ2v) is 6.21. The van der Waals surface area contributed by atoms with Crippen LogP contribution in [0.5, 0.6) is 0 Å². The van der Waals surface area contributed by atoms with Crippen LogP contribution in [0.2, 0.25) is 0 Å². The summed E-state index contributed by atoms with van der Waals surface area (Å²) < 4.78 is 32.3. The Balaban J connectivity index is 2.62. The fourth-order valence-electron chi connectivity index (χ4n) is 1.59. The third kappa shape index (κ3) is 4.92. The zero-order chi connectivity index (χ0) is 15.2. The van der Waals surface area contributed by atoms with E-state index in [0.717, 1.165) is 9.87 Å². The summed E-state index contributed by atoms with van der Waals surface area (Å²) in [6.07, 6.45) is 0.0215. The van der Waals surface area contributed by atoms with Gasteiger partial charge in [-0.05, 0) is 12.5 Å². The maximum Gasteiger partial charge on any atom is 0.306 e. The van der Waals surface area contributed by atoms with Crippen LogP contribution >= 0.6 is 0 Å². The molecular weight excluding hydrogens is 280 g/mol. The molecule has 0 aliphatic carbocycles. The lowest BCUT2D eigenvalue weighted by molar-refractivity contribution is -0.140. The molecule has 20 heavy (non-hydrogen) atoms. The number of nitrogens with one attached hydrogen (secondary N) is 1. The molecule has 1 aromatic carbocycles. The number of carbonyl (C=O) groups is 1.